The second-order valence-electron chi connectivity index (χ2n) is 9.19. The Balaban J connectivity index is 1.41. The van der Waals surface area contributed by atoms with Gasteiger partial charge in [-0.2, -0.15) is 13.5 Å². The monoisotopic (exact) mass is 491 g/mol. The van der Waals surface area contributed by atoms with Crippen LogP contribution in [0.5, 0.6) is 0 Å². The van der Waals surface area contributed by atoms with Gasteiger partial charge in [0.1, 0.15) is 0 Å². The summed E-state index contributed by atoms with van der Waals surface area (Å²) in [6, 6.07) is 1.02. The Hall–Kier alpha value is -2.66. The Morgan fingerprint density at radius 3 is 2.41 bits per heavy atom. The van der Waals surface area contributed by atoms with Crippen LogP contribution in [0, 0.1) is 0 Å². The molecule has 1 aromatic heterocycles. The van der Waals surface area contributed by atoms with Crippen molar-refractivity contribution in [3.05, 3.63) is 40.7 Å². The first kappa shape index (κ1) is 23.1. The molecule has 1 unspecified atom stereocenters. The van der Waals surface area contributed by atoms with E-state index in [2.05, 4.69) is 21.2 Å². The number of anilines is 2. The second-order valence-corrected chi connectivity index (χ2v) is 10.7. The Morgan fingerprint density at radius 1 is 1.18 bits per heavy atom. The molecule has 1 atom stereocenters. The number of aromatic nitrogens is 2. The fourth-order valence-corrected chi connectivity index (χ4v) is 6.73. The van der Waals surface area contributed by atoms with Crippen LogP contribution < -0.4 is 14.3 Å². The predicted molar refractivity (Wildman–Crippen MR) is 126 cm³/mol. The highest BCUT2D eigenvalue weighted by molar-refractivity contribution is 7.91. The molecule has 34 heavy (non-hydrogen) atoms. The summed E-state index contributed by atoms with van der Waals surface area (Å²) in [5, 5.41) is 6.82. The number of carbonyl (C=O) groups excluding carboxylic acids is 1. The molecule has 0 spiro atoms. The van der Waals surface area contributed by atoms with Gasteiger partial charge >= 0.3 is 16.2 Å². The van der Waals surface area contributed by atoms with E-state index in [4.69, 9.17) is 4.74 Å². The lowest BCUT2D eigenvalue weighted by atomic mass is 9.99. The number of amides is 2. The number of alkyl halides is 1. The highest BCUT2D eigenvalue weighted by Gasteiger charge is 2.35. The van der Waals surface area contributed by atoms with Crippen molar-refractivity contribution >= 4 is 27.6 Å². The van der Waals surface area contributed by atoms with Gasteiger partial charge in [0.2, 0.25) is 0 Å². The van der Waals surface area contributed by atoms with E-state index < -0.39 is 28.6 Å². The number of nitrogens with zero attached hydrogens (tertiary/aromatic N) is 3. The Bertz CT molecular complexity index is 1160. The highest BCUT2D eigenvalue weighted by Crippen LogP contribution is 2.38. The van der Waals surface area contributed by atoms with Crippen LogP contribution in [0.4, 0.5) is 20.6 Å². The largest absolute Gasteiger partial charge is 0.381 e. The number of carbonyl (C=O) groups is 1. The number of hydrogen-bond acceptors (Lipinski definition) is 5. The van der Waals surface area contributed by atoms with Crippen LogP contribution in [-0.4, -0.2) is 43.5 Å². The zero-order valence-corrected chi connectivity index (χ0v) is 20.0. The van der Waals surface area contributed by atoms with Crippen molar-refractivity contribution in [2.75, 3.05) is 22.8 Å². The molecule has 5 rings (SSSR count). The van der Waals surface area contributed by atoms with Crippen LogP contribution in [0.15, 0.2) is 18.5 Å². The number of rotatable bonds is 6. The van der Waals surface area contributed by atoms with Crippen LogP contribution in [0.3, 0.4) is 0 Å². The molecular weight excluding hydrogens is 461 g/mol. The van der Waals surface area contributed by atoms with Crippen molar-refractivity contribution < 1.29 is 22.3 Å². The summed E-state index contributed by atoms with van der Waals surface area (Å²) in [7, 11) is -4.29. The SMILES string of the molecule is CC(F)n1cc(N(C2CCOCC2)S(=O)(=O)NC(=O)Nc2c3c(cc4c2CCC4)CCC3)cn1. The van der Waals surface area contributed by atoms with Crippen LogP contribution in [0.1, 0.15) is 61.2 Å². The Labute approximate surface area is 198 Å². The third-order valence-corrected chi connectivity index (χ3v) is 8.39. The summed E-state index contributed by atoms with van der Waals surface area (Å²) in [6.07, 6.45) is 7.91. The number of aryl methyl sites for hydroxylation is 2. The summed E-state index contributed by atoms with van der Waals surface area (Å²) in [4.78, 5) is 13.0. The summed E-state index contributed by atoms with van der Waals surface area (Å²) in [5.74, 6) is 0. The smallest absolute Gasteiger partial charge is 0.334 e. The van der Waals surface area contributed by atoms with Crippen LogP contribution in [-0.2, 0) is 40.6 Å². The van der Waals surface area contributed by atoms with Gasteiger partial charge in [-0.3, -0.25) is 0 Å². The van der Waals surface area contributed by atoms with Crippen molar-refractivity contribution in [2.24, 2.45) is 0 Å². The van der Waals surface area contributed by atoms with Gasteiger partial charge in [-0.05, 0) is 80.5 Å². The van der Waals surface area contributed by atoms with Gasteiger partial charge in [0.25, 0.3) is 0 Å². The van der Waals surface area contributed by atoms with E-state index in [1.807, 2.05) is 0 Å². The minimum atomic E-state index is -4.29. The van der Waals surface area contributed by atoms with Crippen molar-refractivity contribution in [1.82, 2.24) is 14.5 Å². The number of urea groups is 1. The molecule has 0 radical (unpaired) electrons. The van der Waals surface area contributed by atoms with Crippen molar-refractivity contribution in [3.63, 3.8) is 0 Å². The summed E-state index contributed by atoms with van der Waals surface area (Å²) >= 11 is 0. The minimum Gasteiger partial charge on any atom is -0.381 e. The highest BCUT2D eigenvalue weighted by atomic mass is 32.2. The average molecular weight is 492 g/mol. The molecule has 1 saturated heterocycles. The van der Waals surface area contributed by atoms with E-state index in [0.717, 1.165) is 64.3 Å². The molecule has 0 bridgehead atoms. The number of ether oxygens (including phenoxy) is 1. The summed E-state index contributed by atoms with van der Waals surface area (Å²) in [5.41, 5.74) is 5.70. The van der Waals surface area contributed by atoms with E-state index >= 15 is 0 Å². The first-order valence-corrected chi connectivity index (χ1v) is 13.3. The van der Waals surface area contributed by atoms with Gasteiger partial charge in [-0.25, -0.2) is 22.9 Å². The molecule has 11 heteroatoms. The van der Waals surface area contributed by atoms with Gasteiger partial charge in [-0.15, -0.1) is 0 Å². The lowest BCUT2D eigenvalue weighted by Crippen LogP contribution is -2.51. The third-order valence-electron chi connectivity index (χ3n) is 6.92. The zero-order valence-electron chi connectivity index (χ0n) is 19.2. The van der Waals surface area contributed by atoms with E-state index in [1.54, 1.807) is 0 Å². The molecule has 2 N–H and O–H groups in total. The standard InChI is InChI=1S/C23H30FN5O4S/c1-15(24)28-14-19(13-25-28)29(18-8-10-33-11-9-18)34(31,32)27-23(30)26-22-20-6-2-4-16(20)12-17-5-3-7-21(17)22/h12-15,18H,2-11H2,1H3,(H2,26,27,30). The molecule has 9 nitrogen and oxygen atoms in total. The Morgan fingerprint density at radius 2 is 1.82 bits per heavy atom. The van der Waals surface area contributed by atoms with Crippen molar-refractivity contribution in [1.29, 1.82) is 0 Å². The molecule has 1 fully saturated rings. The normalized spacial score (nSPS) is 18.9. The molecule has 2 aliphatic carbocycles. The molecule has 2 aromatic rings. The molecule has 184 valence electrons. The quantitative estimate of drug-likeness (QED) is 0.644. The lowest BCUT2D eigenvalue weighted by molar-refractivity contribution is 0.0875. The van der Waals surface area contributed by atoms with Crippen molar-refractivity contribution in [3.8, 4) is 0 Å². The fraction of sp³-hybridized carbons (Fsp3) is 0.565. The maximum absolute atomic E-state index is 13.8. The van der Waals surface area contributed by atoms with Gasteiger partial charge in [-0.1, -0.05) is 6.07 Å². The van der Waals surface area contributed by atoms with Gasteiger partial charge in [0.15, 0.2) is 6.30 Å². The second kappa shape index (κ2) is 9.18. The van der Waals surface area contributed by atoms with Gasteiger partial charge in [0.05, 0.1) is 24.1 Å². The Kier molecular flexibility index (Phi) is 6.24. The molecule has 1 aliphatic heterocycles. The van der Waals surface area contributed by atoms with Crippen LogP contribution in [0.2, 0.25) is 0 Å². The maximum Gasteiger partial charge on any atom is 0.334 e. The minimum absolute atomic E-state index is 0.207. The summed E-state index contributed by atoms with van der Waals surface area (Å²) < 4.78 is 50.4. The maximum atomic E-state index is 13.8. The van der Waals surface area contributed by atoms with E-state index in [1.165, 1.54) is 30.4 Å². The van der Waals surface area contributed by atoms with E-state index in [-0.39, 0.29) is 5.69 Å². The number of halogens is 1. The topological polar surface area (TPSA) is 106 Å². The summed E-state index contributed by atoms with van der Waals surface area (Å²) in [6.45, 7) is 2.12. The van der Waals surface area contributed by atoms with Crippen molar-refractivity contribution in [2.45, 2.75) is 70.6 Å². The first-order chi connectivity index (χ1) is 16.3. The third kappa shape index (κ3) is 4.38. The molecule has 1 aromatic carbocycles. The average Bonchev–Trinajstić information content (AvgIpc) is 3.54. The number of benzene rings is 1. The fourth-order valence-electron chi connectivity index (χ4n) is 5.37. The van der Waals surface area contributed by atoms with E-state index in [9.17, 15) is 17.6 Å². The first-order valence-electron chi connectivity index (χ1n) is 11.9. The number of hydrogen-bond donors (Lipinski definition) is 2. The molecule has 3 aliphatic rings. The number of fused-ring (bicyclic) bond motifs is 2. The van der Waals surface area contributed by atoms with Gasteiger partial charge < -0.3 is 10.1 Å². The molecular formula is C23H30FN5O4S. The molecule has 2 heterocycles. The lowest BCUT2D eigenvalue weighted by Gasteiger charge is -2.33. The van der Waals surface area contributed by atoms with Crippen LogP contribution in [0.25, 0.3) is 0 Å². The zero-order chi connectivity index (χ0) is 23.9. The van der Waals surface area contributed by atoms with E-state index in [0.29, 0.717) is 26.1 Å². The predicted octanol–water partition coefficient (Wildman–Crippen LogP) is 3.40. The molecule has 0 saturated carbocycles. The van der Waals surface area contributed by atoms with Gasteiger partial charge in [0, 0.05) is 18.9 Å². The molecule has 2 amide bonds. The van der Waals surface area contributed by atoms with Crippen LogP contribution >= 0.6 is 0 Å². The number of nitrogens with one attached hydrogen (secondary N) is 2.